The minimum absolute atomic E-state index is 0.265. The second-order valence-electron chi connectivity index (χ2n) is 6.64. The Bertz CT molecular complexity index is 1100. The van der Waals surface area contributed by atoms with Crippen LogP contribution >= 0.6 is 0 Å². The van der Waals surface area contributed by atoms with Crippen LogP contribution in [0.1, 0.15) is 27.3 Å². The highest BCUT2D eigenvalue weighted by molar-refractivity contribution is 5.94. The summed E-state index contributed by atoms with van der Waals surface area (Å²) < 4.78 is 15.5. The van der Waals surface area contributed by atoms with E-state index in [2.05, 4.69) is 15.3 Å². The Morgan fingerprint density at radius 1 is 0.900 bits per heavy atom. The van der Waals surface area contributed by atoms with Gasteiger partial charge in [-0.15, -0.1) is 0 Å². The number of methoxy groups -OCH3 is 2. The monoisotopic (exact) mass is 409 g/mol. The van der Waals surface area contributed by atoms with Crippen LogP contribution in [-0.2, 0) is 16.1 Å². The van der Waals surface area contributed by atoms with E-state index in [0.717, 1.165) is 17.0 Å². The summed E-state index contributed by atoms with van der Waals surface area (Å²) in [5, 5.41) is 2.70. The molecule has 0 aliphatic rings. The van der Waals surface area contributed by atoms with Gasteiger partial charge >= 0.3 is 5.97 Å². The molecule has 1 heterocycles. The van der Waals surface area contributed by atoms with Gasteiger partial charge in [0.1, 0.15) is 0 Å². The van der Waals surface area contributed by atoms with Gasteiger partial charge in [0.05, 0.1) is 42.2 Å². The first-order valence-electron chi connectivity index (χ1n) is 9.31. The zero-order chi connectivity index (χ0) is 21.7. The van der Waals surface area contributed by atoms with Crippen LogP contribution in [-0.4, -0.2) is 42.7 Å². The second kappa shape index (κ2) is 9.21. The first-order valence-corrected chi connectivity index (χ1v) is 9.31. The molecular weight excluding hydrogens is 386 g/mol. The molecule has 0 aliphatic carbocycles. The van der Waals surface area contributed by atoms with Crippen molar-refractivity contribution < 1.29 is 23.8 Å². The quantitative estimate of drug-likeness (QED) is 0.599. The van der Waals surface area contributed by atoms with Gasteiger partial charge in [0.25, 0.3) is 5.91 Å². The van der Waals surface area contributed by atoms with Crippen LogP contribution in [0.15, 0.2) is 36.4 Å². The standard InChI is InChI=1S/C22H23N3O5/c1-13-14(2)25-18-10-16(6-7-17(18)24-13)22(27)30-12-21(26)23-11-15-5-8-19(28-3)20(9-15)29-4/h5-10H,11-12H2,1-4H3,(H,23,26). The Balaban J connectivity index is 1.56. The molecule has 0 spiro atoms. The molecule has 0 fully saturated rings. The number of hydrogen-bond donors (Lipinski definition) is 1. The molecule has 2 aromatic carbocycles. The molecule has 30 heavy (non-hydrogen) atoms. The zero-order valence-corrected chi connectivity index (χ0v) is 17.3. The minimum Gasteiger partial charge on any atom is -0.493 e. The fourth-order valence-corrected chi connectivity index (χ4v) is 2.81. The molecule has 0 atom stereocenters. The lowest BCUT2D eigenvalue weighted by Crippen LogP contribution is -2.28. The highest BCUT2D eigenvalue weighted by Crippen LogP contribution is 2.27. The number of amides is 1. The average molecular weight is 409 g/mol. The summed E-state index contributed by atoms with van der Waals surface area (Å²) in [6, 6.07) is 10.3. The molecule has 0 radical (unpaired) electrons. The number of carbonyl (C=O) groups excluding carboxylic acids is 2. The molecule has 0 saturated heterocycles. The Hall–Kier alpha value is -3.68. The number of aryl methyl sites for hydroxylation is 2. The van der Waals surface area contributed by atoms with E-state index in [4.69, 9.17) is 14.2 Å². The smallest absolute Gasteiger partial charge is 0.338 e. The Morgan fingerprint density at radius 3 is 2.30 bits per heavy atom. The van der Waals surface area contributed by atoms with Crippen LogP contribution in [0.3, 0.4) is 0 Å². The van der Waals surface area contributed by atoms with E-state index >= 15 is 0 Å². The number of hydrogen-bond acceptors (Lipinski definition) is 7. The minimum atomic E-state index is -0.599. The lowest BCUT2D eigenvalue weighted by Gasteiger charge is -2.10. The van der Waals surface area contributed by atoms with Gasteiger partial charge in [-0.2, -0.15) is 0 Å². The van der Waals surface area contributed by atoms with E-state index < -0.39 is 11.9 Å². The number of esters is 1. The first-order chi connectivity index (χ1) is 14.4. The molecule has 1 N–H and O–H groups in total. The fraction of sp³-hybridized carbons (Fsp3) is 0.273. The molecule has 0 unspecified atom stereocenters. The molecule has 8 nitrogen and oxygen atoms in total. The summed E-state index contributed by atoms with van der Waals surface area (Å²) in [7, 11) is 3.10. The number of aromatic nitrogens is 2. The third-order valence-electron chi connectivity index (χ3n) is 4.58. The summed E-state index contributed by atoms with van der Waals surface area (Å²) in [6.07, 6.45) is 0. The van der Waals surface area contributed by atoms with E-state index in [1.165, 1.54) is 0 Å². The summed E-state index contributed by atoms with van der Waals surface area (Å²) in [6.45, 7) is 3.61. The van der Waals surface area contributed by atoms with Crippen LogP contribution in [0.2, 0.25) is 0 Å². The summed E-state index contributed by atoms with van der Waals surface area (Å²) in [5.74, 6) is 0.163. The van der Waals surface area contributed by atoms with Crippen LogP contribution in [0.25, 0.3) is 11.0 Å². The molecule has 3 rings (SSSR count). The number of benzene rings is 2. The maximum Gasteiger partial charge on any atom is 0.338 e. The average Bonchev–Trinajstić information content (AvgIpc) is 2.76. The number of carbonyl (C=O) groups is 2. The van der Waals surface area contributed by atoms with Crippen molar-refractivity contribution in [2.75, 3.05) is 20.8 Å². The van der Waals surface area contributed by atoms with Crippen molar-refractivity contribution in [1.82, 2.24) is 15.3 Å². The molecule has 0 saturated carbocycles. The predicted octanol–water partition coefficient (Wildman–Crippen LogP) is 2.74. The molecule has 156 valence electrons. The topological polar surface area (TPSA) is 99.6 Å². The van der Waals surface area contributed by atoms with Crippen molar-refractivity contribution in [3.05, 3.63) is 58.9 Å². The van der Waals surface area contributed by atoms with Gasteiger partial charge in [0.2, 0.25) is 0 Å². The van der Waals surface area contributed by atoms with Crippen LogP contribution in [0, 0.1) is 13.8 Å². The van der Waals surface area contributed by atoms with Crippen molar-refractivity contribution in [2.45, 2.75) is 20.4 Å². The number of rotatable bonds is 7. The van der Waals surface area contributed by atoms with E-state index in [1.807, 2.05) is 19.9 Å². The van der Waals surface area contributed by atoms with Gasteiger partial charge < -0.3 is 19.5 Å². The SMILES string of the molecule is COc1ccc(CNC(=O)COC(=O)c2ccc3nc(C)c(C)nc3c2)cc1OC. The second-order valence-corrected chi connectivity index (χ2v) is 6.64. The van der Waals surface area contributed by atoms with Crippen LogP contribution in [0.5, 0.6) is 11.5 Å². The van der Waals surface area contributed by atoms with Gasteiger partial charge in [-0.3, -0.25) is 4.79 Å². The Kier molecular flexibility index (Phi) is 6.46. The Labute approximate surface area is 174 Å². The maximum absolute atomic E-state index is 12.3. The molecule has 3 aromatic rings. The van der Waals surface area contributed by atoms with Crippen LogP contribution < -0.4 is 14.8 Å². The maximum atomic E-state index is 12.3. The highest BCUT2D eigenvalue weighted by Gasteiger charge is 2.13. The molecular formula is C22H23N3O5. The van der Waals surface area contributed by atoms with Gasteiger partial charge in [-0.05, 0) is 49.7 Å². The molecule has 0 aliphatic heterocycles. The van der Waals surface area contributed by atoms with Crippen molar-refractivity contribution in [3.63, 3.8) is 0 Å². The van der Waals surface area contributed by atoms with E-state index in [1.54, 1.807) is 44.6 Å². The lowest BCUT2D eigenvalue weighted by molar-refractivity contribution is -0.124. The van der Waals surface area contributed by atoms with Gasteiger partial charge in [0.15, 0.2) is 18.1 Å². The van der Waals surface area contributed by atoms with E-state index in [0.29, 0.717) is 28.1 Å². The molecule has 1 aromatic heterocycles. The van der Waals surface area contributed by atoms with Gasteiger partial charge in [-0.25, -0.2) is 14.8 Å². The largest absolute Gasteiger partial charge is 0.493 e. The van der Waals surface area contributed by atoms with Crippen molar-refractivity contribution in [1.29, 1.82) is 0 Å². The van der Waals surface area contributed by atoms with Crippen molar-refractivity contribution in [2.24, 2.45) is 0 Å². The number of fused-ring (bicyclic) bond motifs is 1. The van der Waals surface area contributed by atoms with E-state index in [9.17, 15) is 9.59 Å². The fourth-order valence-electron chi connectivity index (χ4n) is 2.81. The molecule has 0 bridgehead atoms. The van der Waals surface area contributed by atoms with Gasteiger partial charge in [0, 0.05) is 6.54 Å². The third-order valence-corrected chi connectivity index (χ3v) is 4.58. The predicted molar refractivity (Wildman–Crippen MR) is 111 cm³/mol. The van der Waals surface area contributed by atoms with Gasteiger partial charge in [-0.1, -0.05) is 6.07 Å². The summed E-state index contributed by atoms with van der Waals surface area (Å²) in [4.78, 5) is 33.2. The third kappa shape index (κ3) is 4.83. The number of nitrogens with zero attached hydrogens (tertiary/aromatic N) is 2. The first kappa shape index (κ1) is 21.0. The summed E-state index contributed by atoms with van der Waals surface area (Å²) >= 11 is 0. The van der Waals surface area contributed by atoms with Crippen molar-refractivity contribution >= 4 is 22.9 Å². The number of ether oxygens (including phenoxy) is 3. The number of nitrogens with one attached hydrogen (secondary N) is 1. The van der Waals surface area contributed by atoms with E-state index in [-0.39, 0.29) is 13.2 Å². The molecule has 8 heteroatoms. The Morgan fingerprint density at radius 2 is 1.60 bits per heavy atom. The molecule has 1 amide bonds. The highest BCUT2D eigenvalue weighted by atomic mass is 16.5. The normalized spacial score (nSPS) is 10.5. The van der Waals surface area contributed by atoms with Crippen molar-refractivity contribution in [3.8, 4) is 11.5 Å². The summed E-state index contributed by atoms with van der Waals surface area (Å²) in [5.41, 5.74) is 4.07. The zero-order valence-electron chi connectivity index (χ0n) is 17.3. The van der Waals surface area contributed by atoms with Crippen LogP contribution in [0.4, 0.5) is 0 Å². The lowest BCUT2D eigenvalue weighted by atomic mass is 10.2.